The number of carbonyl (C=O) groups excluding carboxylic acids is 1. The summed E-state index contributed by atoms with van der Waals surface area (Å²) in [5, 5.41) is 4.29. The zero-order valence-electron chi connectivity index (χ0n) is 15.7. The molecule has 0 fully saturated rings. The van der Waals surface area contributed by atoms with Crippen LogP contribution in [0.4, 0.5) is 13.2 Å². The van der Waals surface area contributed by atoms with Crippen molar-refractivity contribution in [2.45, 2.75) is 33.0 Å². The number of aromatic nitrogens is 4. The van der Waals surface area contributed by atoms with Crippen LogP contribution in [-0.2, 0) is 23.9 Å². The number of fused-ring (bicyclic) bond motifs is 1. The van der Waals surface area contributed by atoms with E-state index in [0.717, 1.165) is 10.1 Å². The Bertz CT molecular complexity index is 1100. The number of rotatable bonds is 4. The lowest BCUT2D eigenvalue weighted by molar-refractivity contribution is -0.144. The SMILES string of the molecule is Cc1nc2nc(C(F)(F)F)nn2c(C)c1CC(=O)N(C)Cc1ccc(Cl)c(Cl)c1. The number of carbonyl (C=O) groups is 1. The Hall–Kier alpha value is -2.39. The van der Waals surface area contributed by atoms with Crippen LogP contribution in [0.1, 0.15) is 28.3 Å². The number of likely N-dealkylation sites (N-methyl/N-ethyl adjacent to an activating group) is 1. The van der Waals surface area contributed by atoms with Crippen LogP contribution in [0, 0.1) is 13.8 Å². The fourth-order valence-corrected chi connectivity index (χ4v) is 3.19. The Balaban J connectivity index is 1.84. The van der Waals surface area contributed by atoms with E-state index in [-0.39, 0.29) is 18.1 Å². The largest absolute Gasteiger partial charge is 0.453 e. The summed E-state index contributed by atoms with van der Waals surface area (Å²) in [4.78, 5) is 21.7. The predicted octanol–water partition coefficient (Wildman–Crippen LogP) is 4.27. The molecule has 3 aromatic rings. The molecule has 0 unspecified atom stereocenters. The molecular formula is C18H16Cl2F3N5O. The van der Waals surface area contributed by atoms with Crippen molar-refractivity contribution in [2.24, 2.45) is 0 Å². The summed E-state index contributed by atoms with van der Waals surface area (Å²) in [6.07, 6.45) is -4.72. The van der Waals surface area contributed by atoms with Gasteiger partial charge in [-0.1, -0.05) is 29.3 Å². The van der Waals surface area contributed by atoms with Gasteiger partial charge in [0.05, 0.1) is 16.5 Å². The molecular weight excluding hydrogens is 430 g/mol. The highest BCUT2D eigenvalue weighted by Gasteiger charge is 2.37. The third-order valence-corrected chi connectivity index (χ3v) is 5.20. The second-order valence-corrected chi connectivity index (χ2v) is 7.40. The van der Waals surface area contributed by atoms with Crippen LogP contribution in [0.5, 0.6) is 0 Å². The summed E-state index contributed by atoms with van der Waals surface area (Å²) in [5.74, 6) is -1.67. The van der Waals surface area contributed by atoms with Crippen LogP contribution in [0.25, 0.3) is 5.78 Å². The molecule has 3 rings (SSSR count). The van der Waals surface area contributed by atoms with E-state index in [2.05, 4.69) is 15.1 Å². The number of hydrogen-bond acceptors (Lipinski definition) is 4. The molecule has 0 atom stereocenters. The van der Waals surface area contributed by atoms with Gasteiger partial charge in [-0.25, -0.2) is 9.50 Å². The molecule has 0 aliphatic carbocycles. The molecule has 0 bridgehead atoms. The fourth-order valence-electron chi connectivity index (χ4n) is 2.87. The Labute approximate surface area is 174 Å². The van der Waals surface area contributed by atoms with E-state index in [1.54, 1.807) is 39.1 Å². The zero-order chi connectivity index (χ0) is 21.5. The topological polar surface area (TPSA) is 63.4 Å². The number of aryl methyl sites for hydroxylation is 2. The Morgan fingerprint density at radius 1 is 1.17 bits per heavy atom. The van der Waals surface area contributed by atoms with Crippen LogP contribution < -0.4 is 0 Å². The molecule has 2 heterocycles. The number of hydrogen-bond donors (Lipinski definition) is 0. The van der Waals surface area contributed by atoms with Crippen molar-refractivity contribution in [1.29, 1.82) is 0 Å². The molecule has 0 saturated carbocycles. The van der Waals surface area contributed by atoms with Crippen LogP contribution in [0.2, 0.25) is 10.0 Å². The lowest BCUT2D eigenvalue weighted by Gasteiger charge is -2.19. The fraction of sp³-hybridized carbons (Fsp3) is 0.333. The van der Waals surface area contributed by atoms with E-state index < -0.39 is 12.0 Å². The maximum absolute atomic E-state index is 12.9. The number of benzene rings is 1. The van der Waals surface area contributed by atoms with E-state index in [0.29, 0.717) is 33.5 Å². The molecule has 0 aliphatic heterocycles. The zero-order valence-corrected chi connectivity index (χ0v) is 17.2. The molecule has 6 nitrogen and oxygen atoms in total. The molecule has 0 spiro atoms. The molecule has 0 saturated heterocycles. The lowest BCUT2D eigenvalue weighted by atomic mass is 10.1. The van der Waals surface area contributed by atoms with Crippen molar-refractivity contribution in [3.63, 3.8) is 0 Å². The van der Waals surface area contributed by atoms with Crippen LogP contribution in [0.15, 0.2) is 18.2 Å². The van der Waals surface area contributed by atoms with E-state index in [4.69, 9.17) is 23.2 Å². The van der Waals surface area contributed by atoms with Gasteiger partial charge < -0.3 is 4.90 Å². The summed E-state index contributed by atoms with van der Waals surface area (Å²) in [5.41, 5.74) is 2.10. The van der Waals surface area contributed by atoms with Crippen molar-refractivity contribution in [1.82, 2.24) is 24.5 Å². The van der Waals surface area contributed by atoms with Gasteiger partial charge in [0.25, 0.3) is 11.6 Å². The van der Waals surface area contributed by atoms with Gasteiger partial charge in [-0.3, -0.25) is 4.79 Å². The van der Waals surface area contributed by atoms with Gasteiger partial charge in [0, 0.05) is 30.5 Å². The molecule has 154 valence electrons. The minimum atomic E-state index is -4.68. The van der Waals surface area contributed by atoms with Crippen LogP contribution in [0.3, 0.4) is 0 Å². The lowest BCUT2D eigenvalue weighted by Crippen LogP contribution is -2.28. The van der Waals surface area contributed by atoms with E-state index in [1.807, 2.05) is 0 Å². The minimum absolute atomic E-state index is 0.0420. The third-order valence-electron chi connectivity index (χ3n) is 4.46. The Kier molecular flexibility index (Phi) is 5.73. The van der Waals surface area contributed by atoms with Crippen molar-refractivity contribution in [2.75, 3.05) is 7.05 Å². The third kappa shape index (κ3) is 4.45. The average Bonchev–Trinajstić information content (AvgIpc) is 3.06. The first-order valence-corrected chi connectivity index (χ1v) is 9.21. The molecule has 29 heavy (non-hydrogen) atoms. The molecule has 0 N–H and O–H groups in total. The number of amides is 1. The summed E-state index contributed by atoms with van der Waals surface area (Å²) in [6.45, 7) is 3.50. The predicted molar refractivity (Wildman–Crippen MR) is 102 cm³/mol. The van der Waals surface area contributed by atoms with Gasteiger partial charge >= 0.3 is 6.18 Å². The molecule has 2 aromatic heterocycles. The van der Waals surface area contributed by atoms with Crippen molar-refractivity contribution in [3.8, 4) is 0 Å². The summed E-state index contributed by atoms with van der Waals surface area (Å²) >= 11 is 11.9. The molecule has 11 heteroatoms. The first-order chi connectivity index (χ1) is 13.5. The second kappa shape index (κ2) is 7.79. The number of nitrogens with zero attached hydrogens (tertiary/aromatic N) is 5. The van der Waals surface area contributed by atoms with E-state index >= 15 is 0 Å². The van der Waals surface area contributed by atoms with E-state index in [9.17, 15) is 18.0 Å². The normalized spacial score (nSPS) is 11.9. The van der Waals surface area contributed by atoms with Gasteiger partial charge in [0.15, 0.2) is 0 Å². The van der Waals surface area contributed by atoms with E-state index in [1.165, 1.54) is 4.90 Å². The van der Waals surface area contributed by atoms with Crippen molar-refractivity contribution >= 4 is 34.9 Å². The maximum Gasteiger partial charge on any atom is 0.453 e. The van der Waals surface area contributed by atoms with Crippen molar-refractivity contribution < 1.29 is 18.0 Å². The Morgan fingerprint density at radius 3 is 2.48 bits per heavy atom. The molecule has 0 radical (unpaired) electrons. The number of halogens is 5. The van der Waals surface area contributed by atoms with Gasteiger partial charge in [0.1, 0.15) is 0 Å². The van der Waals surface area contributed by atoms with Gasteiger partial charge in [-0.05, 0) is 31.5 Å². The van der Waals surface area contributed by atoms with Crippen LogP contribution in [-0.4, -0.2) is 37.4 Å². The highest BCUT2D eigenvalue weighted by Crippen LogP contribution is 2.27. The number of alkyl halides is 3. The molecule has 0 aliphatic rings. The maximum atomic E-state index is 12.9. The van der Waals surface area contributed by atoms with Gasteiger partial charge in [-0.15, -0.1) is 5.10 Å². The summed E-state index contributed by atoms with van der Waals surface area (Å²) in [6, 6.07) is 5.08. The van der Waals surface area contributed by atoms with Gasteiger partial charge in [0.2, 0.25) is 5.91 Å². The Morgan fingerprint density at radius 2 is 1.86 bits per heavy atom. The smallest absolute Gasteiger partial charge is 0.341 e. The highest BCUT2D eigenvalue weighted by atomic mass is 35.5. The van der Waals surface area contributed by atoms with Crippen LogP contribution >= 0.6 is 23.2 Å². The van der Waals surface area contributed by atoms with Crippen molar-refractivity contribution in [3.05, 3.63) is 56.6 Å². The van der Waals surface area contributed by atoms with Gasteiger partial charge in [-0.2, -0.15) is 18.2 Å². The monoisotopic (exact) mass is 445 g/mol. The first-order valence-electron chi connectivity index (χ1n) is 8.45. The molecule has 1 aromatic carbocycles. The highest BCUT2D eigenvalue weighted by molar-refractivity contribution is 6.42. The summed E-state index contributed by atoms with van der Waals surface area (Å²) < 4.78 is 39.7. The average molecular weight is 446 g/mol. The first kappa shape index (κ1) is 21.3. The second-order valence-electron chi connectivity index (χ2n) is 6.58. The minimum Gasteiger partial charge on any atom is -0.341 e. The summed E-state index contributed by atoms with van der Waals surface area (Å²) in [7, 11) is 1.62. The standard InChI is InChI=1S/C18H16Cl2F3N5O/c1-9-12(10(2)28-17(24-9)25-16(26-28)18(21,22)23)7-15(29)27(3)8-11-4-5-13(19)14(20)6-11/h4-6H,7-8H2,1-3H3. The quantitative estimate of drug-likeness (QED) is 0.601. The molecule has 1 amide bonds.